The highest BCUT2D eigenvalue weighted by atomic mass is 35.5. The van der Waals surface area contributed by atoms with Crippen molar-refractivity contribution < 1.29 is 9.59 Å². The van der Waals surface area contributed by atoms with E-state index in [1.807, 2.05) is 30.3 Å². The third-order valence-corrected chi connectivity index (χ3v) is 4.61. The Bertz CT molecular complexity index is 601. The molecule has 0 bridgehead atoms. The van der Waals surface area contributed by atoms with Crippen LogP contribution in [0.25, 0.3) is 6.08 Å². The van der Waals surface area contributed by atoms with Crippen LogP contribution in [0.1, 0.15) is 12.0 Å². The number of imide groups is 1. The van der Waals surface area contributed by atoms with E-state index in [9.17, 15) is 9.59 Å². The van der Waals surface area contributed by atoms with Crippen molar-refractivity contribution in [2.24, 2.45) is 5.92 Å². The second-order valence-electron chi connectivity index (χ2n) is 5.30. The van der Waals surface area contributed by atoms with Crippen LogP contribution in [0, 0.1) is 5.92 Å². The topological polar surface area (TPSA) is 40.6 Å². The van der Waals surface area contributed by atoms with Crippen molar-refractivity contribution in [3.63, 3.8) is 0 Å². The molecule has 1 saturated carbocycles. The monoisotopic (exact) mass is 324 g/mol. The summed E-state index contributed by atoms with van der Waals surface area (Å²) in [6.07, 6.45) is 4.06. The highest BCUT2D eigenvalue weighted by Crippen LogP contribution is 2.53. The number of rotatable bonds is 4. The van der Waals surface area contributed by atoms with Gasteiger partial charge in [-0.15, -0.1) is 23.2 Å². The van der Waals surface area contributed by atoms with Gasteiger partial charge in [-0.2, -0.15) is 0 Å². The molecule has 4 nitrogen and oxygen atoms in total. The summed E-state index contributed by atoms with van der Waals surface area (Å²) >= 11 is 11.9. The van der Waals surface area contributed by atoms with Gasteiger partial charge in [-0.25, -0.2) is 4.79 Å². The first kappa shape index (κ1) is 14.4. The molecule has 0 spiro atoms. The average Bonchev–Trinajstić information content (AvgIpc) is 2.98. The maximum absolute atomic E-state index is 12.2. The van der Waals surface area contributed by atoms with Gasteiger partial charge in [-0.3, -0.25) is 14.6 Å². The molecule has 1 atom stereocenters. The van der Waals surface area contributed by atoms with Crippen molar-refractivity contribution in [3.8, 4) is 0 Å². The standard InChI is InChI=1S/C15H14Cl2N2O2/c16-15(17)8-12(15)9-19-13(20)10-18(14(19)21)7-6-11-4-2-1-3-5-11/h1-7,12H,8-10H2. The SMILES string of the molecule is O=C1CN(C=Cc2ccccc2)C(=O)N1CC1CC1(Cl)Cl. The van der Waals surface area contributed by atoms with Gasteiger partial charge in [-0.05, 0) is 18.1 Å². The lowest BCUT2D eigenvalue weighted by molar-refractivity contribution is -0.125. The number of carbonyl (C=O) groups is 2. The zero-order valence-electron chi connectivity index (χ0n) is 11.2. The van der Waals surface area contributed by atoms with Crippen molar-refractivity contribution >= 4 is 41.2 Å². The molecule has 21 heavy (non-hydrogen) atoms. The molecule has 3 amide bonds. The number of amides is 3. The Morgan fingerprint density at radius 1 is 1.24 bits per heavy atom. The summed E-state index contributed by atoms with van der Waals surface area (Å²) in [4.78, 5) is 26.8. The van der Waals surface area contributed by atoms with Crippen molar-refractivity contribution in [1.29, 1.82) is 0 Å². The molecule has 1 aliphatic carbocycles. The Hall–Kier alpha value is -1.52. The quantitative estimate of drug-likeness (QED) is 0.630. The first-order valence-electron chi connectivity index (χ1n) is 6.69. The summed E-state index contributed by atoms with van der Waals surface area (Å²) in [6, 6.07) is 9.28. The lowest BCUT2D eigenvalue weighted by Crippen LogP contribution is -2.33. The van der Waals surface area contributed by atoms with Crippen LogP contribution in [0.5, 0.6) is 0 Å². The molecule has 0 aromatic heterocycles. The molecular formula is C15H14Cl2N2O2. The van der Waals surface area contributed by atoms with E-state index in [0.29, 0.717) is 13.0 Å². The normalized spacial score (nSPS) is 24.2. The number of alkyl halides is 2. The molecule has 1 saturated heterocycles. The lowest BCUT2D eigenvalue weighted by atomic mass is 10.2. The van der Waals surface area contributed by atoms with Gasteiger partial charge in [-0.1, -0.05) is 30.3 Å². The summed E-state index contributed by atoms with van der Waals surface area (Å²) in [6.45, 7) is 0.354. The molecule has 0 radical (unpaired) electrons. The van der Waals surface area contributed by atoms with Gasteiger partial charge in [0.2, 0.25) is 0 Å². The predicted molar refractivity (Wildman–Crippen MR) is 81.8 cm³/mol. The molecule has 1 unspecified atom stereocenters. The third kappa shape index (κ3) is 3.06. The molecule has 1 aromatic rings. The predicted octanol–water partition coefficient (Wildman–Crippen LogP) is 3.12. The van der Waals surface area contributed by atoms with Gasteiger partial charge < -0.3 is 0 Å². The summed E-state index contributed by atoms with van der Waals surface area (Å²) in [5.74, 6) is -0.236. The summed E-state index contributed by atoms with van der Waals surface area (Å²) in [7, 11) is 0. The molecule has 2 fully saturated rings. The van der Waals surface area contributed by atoms with E-state index in [-0.39, 0.29) is 24.4 Å². The van der Waals surface area contributed by atoms with Gasteiger partial charge in [0.25, 0.3) is 5.91 Å². The van der Waals surface area contributed by atoms with Crippen molar-refractivity contribution in [3.05, 3.63) is 42.1 Å². The van der Waals surface area contributed by atoms with E-state index in [0.717, 1.165) is 5.56 Å². The fraction of sp³-hybridized carbons (Fsp3) is 0.333. The van der Waals surface area contributed by atoms with Gasteiger partial charge in [0.05, 0.1) is 0 Å². The van der Waals surface area contributed by atoms with Gasteiger partial charge in [0.15, 0.2) is 0 Å². The number of nitrogens with zero attached hydrogens (tertiary/aromatic N) is 2. The molecule has 6 heteroatoms. The average molecular weight is 325 g/mol. The highest BCUT2D eigenvalue weighted by Gasteiger charge is 2.54. The number of hydrogen-bond donors (Lipinski definition) is 0. The Kier molecular flexibility index (Phi) is 3.68. The van der Waals surface area contributed by atoms with E-state index in [2.05, 4.69) is 0 Å². The summed E-state index contributed by atoms with van der Waals surface area (Å²) < 4.78 is -0.784. The summed E-state index contributed by atoms with van der Waals surface area (Å²) in [5, 5.41) is 0. The van der Waals surface area contributed by atoms with Crippen LogP contribution in [-0.2, 0) is 4.79 Å². The van der Waals surface area contributed by atoms with Gasteiger partial charge >= 0.3 is 6.03 Å². The number of urea groups is 1. The van der Waals surface area contributed by atoms with Crippen molar-refractivity contribution in [2.75, 3.05) is 13.1 Å². The first-order chi connectivity index (χ1) is 9.97. The molecule has 3 rings (SSSR count). The molecule has 1 heterocycles. The van der Waals surface area contributed by atoms with Crippen molar-refractivity contribution in [2.45, 2.75) is 10.8 Å². The van der Waals surface area contributed by atoms with Gasteiger partial charge in [0, 0.05) is 18.7 Å². The van der Waals surface area contributed by atoms with E-state index in [4.69, 9.17) is 23.2 Å². The second kappa shape index (κ2) is 5.35. The fourth-order valence-electron chi connectivity index (χ4n) is 2.29. The van der Waals surface area contributed by atoms with Gasteiger partial charge in [0.1, 0.15) is 10.9 Å². The Morgan fingerprint density at radius 3 is 2.52 bits per heavy atom. The lowest BCUT2D eigenvalue weighted by Gasteiger charge is -2.14. The zero-order valence-corrected chi connectivity index (χ0v) is 12.7. The maximum Gasteiger partial charge on any atom is 0.331 e. The first-order valence-corrected chi connectivity index (χ1v) is 7.45. The van der Waals surface area contributed by atoms with Crippen LogP contribution in [0.15, 0.2) is 36.5 Å². The largest absolute Gasteiger partial charge is 0.331 e. The van der Waals surface area contributed by atoms with Crippen LogP contribution in [-0.4, -0.2) is 39.2 Å². The van der Waals surface area contributed by atoms with Crippen LogP contribution in [0.4, 0.5) is 4.79 Å². The second-order valence-corrected chi connectivity index (χ2v) is 6.85. The van der Waals surface area contributed by atoms with Crippen LogP contribution in [0.2, 0.25) is 0 Å². The van der Waals surface area contributed by atoms with Crippen molar-refractivity contribution in [1.82, 2.24) is 9.80 Å². The van der Waals surface area contributed by atoms with Crippen LogP contribution >= 0.6 is 23.2 Å². The summed E-state index contributed by atoms with van der Waals surface area (Å²) in [5.41, 5.74) is 0.971. The van der Waals surface area contributed by atoms with E-state index < -0.39 is 4.33 Å². The zero-order chi connectivity index (χ0) is 15.0. The molecular weight excluding hydrogens is 311 g/mol. The minimum absolute atomic E-state index is 0.0215. The Labute approximate surface area is 132 Å². The number of halogens is 2. The Morgan fingerprint density at radius 2 is 1.90 bits per heavy atom. The molecule has 2 aliphatic rings. The fourth-order valence-corrected chi connectivity index (χ4v) is 2.80. The van der Waals surface area contributed by atoms with Crippen LogP contribution < -0.4 is 0 Å². The van der Waals surface area contributed by atoms with E-state index in [1.165, 1.54) is 9.80 Å². The molecule has 1 aromatic carbocycles. The Balaban J connectivity index is 1.65. The number of benzene rings is 1. The minimum Gasteiger partial charge on any atom is -0.291 e. The molecule has 110 valence electrons. The molecule has 0 N–H and O–H groups in total. The van der Waals surface area contributed by atoms with Crippen LogP contribution in [0.3, 0.4) is 0 Å². The third-order valence-electron chi connectivity index (χ3n) is 3.69. The number of carbonyl (C=O) groups excluding carboxylic acids is 2. The smallest absolute Gasteiger partial charge is 0.291 e. The van der Waals surface area contributed by atoms with E-state index in [1.54, 1.807) is 12.3 Å². The number of hydrogen-bond acceptors (Lipinski definition) is 2. The maximum atomic E-state index is 12.2. The highest BCUT2D eigenvalue weighted by molar-refractivity contribution is 6.50. The van der Waals surface area contributed by atoms with E-state index >= 15 is 0 Å². The molecule has 1 aliphatic heterocycles. The minimum atomic E-state index is -0.784.